The lowest BCUT2D eigenvalue weighted by molar-refractivity contribution is 0.387. The molecule has 4 rings (SSSR count). The van der Waals surface area contributed by atoms with E-state index in [9.17, 15) is 4.39 Å². The summed E-state index contributed by atoms with van der Waals surface area (Å²) in [5.41, 5.74) is 1.26. The molecule has 1 saturated heterocycles. The van der Waals surface area contributed by atoms with Crippen molar-refractivity contribution in [3.63, 3.8) is 0 Å². The Morgan fingerprint density at radius 2 is 2.26 bits per heavy atom. The predicted molar refractivity (Wildman–Crippen MR) is 106 cm³/mol. The van der Waals surface area contributed by atoms with Gasteiger partial charge in [-0.15, -0.1) is 0 Å². The summed E-state index contributed by atoms with van der Waals surface area (Å²) in [5.74, 6) is 0.723. The van der Waals surface area contributed by atoms with E-state index in [1.54, 1.807) is 12.3 Å². The summed E-state index contributed by atoms with van der Waals surface area (Å²) >= 11 is 6.37. The second-order valence-corrected chi connectivity index (χ2v) is 7.73. The van der Waals surface area contributed by atoms with E-state index in [0.29, 0.717) is 34.1 Å². The number of hydrogen-bond acceptors (Lipinski definition) is 5. The monoisotopic (exact) mass is 388 g/mol. The molecule has 3 aromatic rings. The average Bonchev–Trinajstić information content (AvgIpc) is 3.05. The summed E-state index contributed by atoms with van der Waals surface area (Å²) in [6, 6.07) is 5.34. The third kappa shape index (κ3) is 3.61. The number of halogens is 2. The van der Waals surface area contributed by atoms with Gasteiger partial charge < -0.3 is 10.2 Å². The molecule has 0 saturated carbocycles. The minimum atomic E-state index is -0.480. The van der Waals surface area contributed by atoms with E-state index in [-0.39, 0.29) is 5.69 Å². The highest BCUT2D eigenvalue weighted by molar-refractivity contribution is 6.33. The number of anilines is 1. The summed E-state index contributed by atoms with van der Waals surface area (Å²) in [7, 11) is 0. The maximum absolute atomic E-state index is 14.7. The number of nitrogens with zero attached hydrogens (tertiary/aromatic N) is 4. The van der Waals surface area contributed by atoms with Crippen molar-refractivity contribution in [2.75, 3.05) is 24.5 Å². The lowest BCUT2D eigenvalue weighted by Gasteiger charge is -2.35. The number of piperazine rings is 1. The molecule has 0 radical (unpaired) electrons. The van der Waals surface area contributed by atoms with Crippen molar-refractivity contribution in [3.05, 3.63) is 35.2 Å². The average molecular weight is 389 g/mol. The predicted octanol–water partition coefficient (Wildman–Crippen LogP) is 3.64. The molecule has 6 nitrogen and oxygen atoms in total. The molecule has 0 aromatic carbocycles. The summed E-state index contributed by atoms with van der Waals surface area (Å²) in [5, 5.41) is 11.6. The fraction of sp³-hybridized carbons (Fsp3) is 0.421. The van der Waals surface area contributed by atoms with Crippen LogP contribution in [0.4, 0.5) is 10.2 Å². The first kappa shape index (κ1) is 18.1. The van der Waals surface area contributed by atoms with Gasteiger partial charge in [-0.3, -0.25) is 5.10 Å². The van der Waals surface area contributed by atoms with Gasteiger partial charge in [-0.25, -0.2) is 14.4 Å². The third-order valence-electron chi connectivity index (χ3n) is 4.79. The van der Waals surface area contributed by atoms with Crippen molar-refractivity contribution in [1.82, 2.24) is 25.5 Å². The first-order valence-corrected chi connectivity index (χ1v) is 9.54. The molecule has 142 valence electrons. The number of aromatic nitrogens is 4. The Morgan fingerprint density at radius 3 is 3.07 bits per heavy atom. The molecule has 0 amide bonds. The Balaban J connectivity index is 1.71. The van der Waals surface area contributed by atoms with Gasteiger partial charge in [-0.1, -0.05) is 25.4 Å². The lowest BCUT2D eigenvalue weighted by Crippen LogP contribution is -2.51. The van der Waals surface area contributed by atoms with Crippen molar-refractivity contribution in [2.45, 2.75) is 26.3 Å². The van der Waals surface area contributed by atoms with Crippen molar-refractivity contribution in [1.29, 1.82) is 0 Å². The molecule has 27 heavy (non-hydrogen) atoms. The number of hydrogen-bond donors (Lipinski definition) is 2. The van der Waals surface area contributed by atoms with Crippen molar-refractivity contribution in [2.24, 2.45) is 5.92 Å². The fourth-order valence-electron chi connectivity index (χ4n) is 3.63. The van der Waals surface area contributed by atoms with Gasteiger partial charge in [-0.2, -0.15) is 5.10 Å². The molecule has 4 heterocycles. The van der Waals surface area contributed by atoms with E-state index < -0.39 is 5.82 Å². The maximum atomic E-state index is 14.7. The van der Waals surface area contributed by atoms with Gasteiger partial charge in [0.25, 0.3) is 0 Å². The normalized spacial score (nSPS) is 17.8. The first-order chi connectivity index (χ1) is 13.0. The summed E-state index contributed by atoms with van der Waals surface area (Å²) < 4.78 is 14.7. The summed E-state index contributed by atoms with van der Waals surface area (Å²) in [6.07, 6.45) is 2.72. The van der Waals surface area contributed by atoms with E-state index in [1.807, 2.05) is 6.07 Å². The van der Waals surface area contributed by atoms with Crippen LogP contribution in [0.2, 0.25) is 5.02 Å². The van der Waals surface area contributed by atoms with E-state index in [4.69, 9.17) is 11.6 Å². The van der Waals surface area contributed by atoms with E-state index in [0.717, 1.165) is 31.4 Å². The number of H-pyrrole nitrogens is 1. The highest BCUT2D eigenvalue weighted by Gasteiger charge is 2.25. The Morgan fingerprint density at radius 1 is 1.41 bits per heavy atom. The van der Waals surface area contributed by atoms with Gasteiger partial charge >= 0.3 is 0 Å². The van der Waals surface area contributed by atoms with Gasteiger partial charge in [0.15, 0.2) is 11.5 Å². The van der Waals surface area contributed by atoms with Crippen molar-refractivity contribution >= 4 is 28.5 Å². The van der Waals surface area contributed by atoms with Crippen LogP contribution < -0.4 is 10.2 Å². The molecule has 0 spiro atoms. The Bertz CT molecular complexity index is 957. The quantitative estimate of drug-likeness (QED) is 0.714. The van der Waals surface area contributed by atoms with E-state index in [2.05, 4.69) is 44.2 Å². The van der Waals surface area contributed by atoms with E-state index in [1.165, 1.54) is 6.07 Å². The van der Waals surface area contributed by atoms with Crippen LogP contribution in [0.5, 0.6) is 0 Å². The van der Waals surface area contributed by atoms with Crippen molar-refractivity contribution < 1.29 is 4.39 Å². The highest BCUT2D eigenvalue weighted by Crippen LogP contribution is 2.33. The van der Waals surface area contributed by atoms with Crippen LogP contribution >= 0.6 is 11.6 Å². The summed E-state index contributed by atoms with van der Waals surface area (Å²) in [6.45, 7) is 6.83. The summed E-state index contributed by atoms with van der Waals surface area (Å²) in [4.78, 5) is 10.9. The minimum Gasteiger partial charge on any atom is -0.353 e. The molecule has 1 fully saturated rings. The molecule has 0 unspecified atom stereocenters. The van der Waals surface area contributed by atoms with Crippen LogP contribution in [0, 0.1) is 11.7 Å². The Kier molecular flexibility index (Phi) is 4.97. The van der Waals surface area contributed by atoms with Gasteiger partial charge in [0.1, 0.15) is 11.5 Å². The fourth-order valence-corrected chi connectivity index (χ4v) is 3.89. The molecule has 1 atom stereocenters. The maximum Gasteiger partial charge on any atom is 0.181 e. The molecule has 0 bridgehead atoms. The second-order valence-electron chi connectivity index (χ2n) is 7.32. The Hall–Kier alpha value is -2.25. The smallest absolute Gasteiger partial charge is 0.181 e. The number of pyridine rings is 2. The molecule has 8 heteroatoms. The third-order valence-corrected chi connectivity index (χ3v) is 5.07. The molecule has 1 aliphatic heterocycles. The SMILES string of the molecule is CC(C)C[C@@H]1CN(c2nc(-c3[nH]nc4ncccc34)c(F)cc2Cl)CCN1. The lowest BCUT2D eigenvalue weighted by atomic mass is 10.0. The molecule has 1 aliphatic rings. The van der Waals surface area contributed by atoms with Gasteiger partial charge in [0.05, 0.1) is 10.7 Å². The molecule has 0 aliphatic carbocycles. The van der Waals surface area contributed by atoms with Crippen LogP contribution in [0.25, 0.3) is 22.4 Å². The van der Waals surface area contributed by atoms with Gasteiger partial charge in [0, 0.05) is 37.3 Å². The van der Waals surface area contributed by atoms with Crippen LogP contribution in [0.1, 0.15) is 20.3 Å². The Labute approximate surface area is 162 Å². The number of fused-ring (bicyclic) bond motifs is 1. The largest absolute Gasteiger partial charge is 0.353 e. The van der Waals surface area contributed by atoms with Crippen LogP contribution in [-0.2, 0) is 0 Å². The van der Waals surface area contributed by atoms with Gasteiger partial charge in [0.2, 0.25) is 0 Å². The zero-order valence-corrected chi connectivity index (χ0v) is 16.1. The number of aromatic amines is 1. The number of rotatable bonds is 4. The van der Waals surface area contributed by atoms with Crippen LogP contribution in [-0.4, -0.2) is 45.8 Å². The van der Waals surface area contributed by atoms with Crippen molar-refractivity contribution in [3.8, 4) is 11.4 Å². The molecular formula is C19H22ClFN6. The number of nitrogens with one attached hydrogen (secondary N) is 2. The van der Waals surface area contributed by atoms with Gasteiger partial charge in [-0.05, 0) is 30.5 Å². The topological polar surface area (TPSA) is 69.7 Å². The first-order valence-electron chi connectivity index (χ1n) is 9.16. The zero-order chi connectivity index (χ0) is 19.0. The molecule has 3 aromatic heterocycles. The van der Waals surface area contributed by atoms with E-state index >= 15 is 0 Å². The minimum absolute atomic E-state index is 0.212. The van der Waals surface area contributed by atoms with Crippen LogP contribution in [0.3, 0.4) is 0 Å². The zero-order valence-electron chi connectivity index (χ0n) is 15.3. The van der Waals surface area contributed by atoms with Crippen LogP contribution in [0.15, 0.2) is 24.4 Å². The molecule has 2 N–H and O–H groups in total. The standard InChI is InChI=1S/C19H22ClFN6/c1-11(2)8-12-10-27(7-6-22-12)19-14(20)9-15(21)17(24-19)16-13-4-3-5-23-18(13)26-25-16/h3-5,9,11-12,22H,6-8,10H2,1-2H3,(H,23,25,26)/t12-/m1/s1. The second kappa shape index (κ2) is 7.40. The molecular weight excluding hydrogens is 367 g/mol. The highest BCUT2D eigenvalue weighted by atomic mass is 35.5.